The molecule has 1 atom stereocenters. The van der Waals surface area contributed by atoms with Crippen molar-refractivity contribution in [2.45, 2.75) is 19.9 Å². The number of hydrogen-bond donors (Lipinski definition) is 1. The molecule has 1 fully saturated rings. The normalized spacial score (nSPS) is 23.8. The first-order valence-corrected chi connectivity index (χ1v) is 6.93. The second kappa shape index (κ2) is 4.62. The number of nitrogens with zero attached hydrogens (tertiary/aromatic N) is 2. The van der Waals surface area contributed by atoms with Crippen molar-refractivity contribution in [1.82, 2.24) is 10.2 Å². The Balaban J connectivity index is 2.06. The Hall–Kier alpha value is -1.39. The lowest BCUT2D eigenvalue weighted by Crippen LogP contribution is -2.47. The third-order valence-electron chi connectivity index (χ3n) is 4.23. The van der Waals surface area contributed by atoms with E-state index in [1.807, 2.05) is 11.9 Å². The zero-order valence-electron chi connectivity index (χ0n) is 11.9. The Morgan fingerprint density at radius 2 is 1.89 bits per heavy atom. The van der Waals surface area contributed by atoms with Gasteiger partial charge in [-0.05, 0) is 31.0 Å². The number of rotatable bonds is 1. The predicted molar refractivity (Wildman–Crippen MR) is 76.5 cm³/mol. The second-order valence-corrected chi connectivity index (χ2v) is 5.60. The van der Waals surface area contributed by atoms with Gasteiger partial charge in [-0.2, -0.15) is 0 Å². The van der Waals surface area contributed by atoms with Crippen molar-refractivity contribution >= 4 is 11.6 Å². The first kappa shape index (κ1) is 12.6. The van der Waals surface area contributed by atoms with Crippen LogP contribution in [-0.2, 0) is 4.79 Å². The smallest absolute Gasteiger partial charge is 0.248 e. The maximum atomic E-state index is 12.6. The van der Waals surface area contributed by atoms with Gasteiger partial charge in [-0.1, -0.05) is 6.07 Å². The van der Waals surface area contributed by atoms with E-state index in [0.29, 0.717) is 0 Å². The molecule has 2 aliphatic rings. The summed E-state index contributed by atoms with van der Waals surface area (Å²) in [7, 11) is 1.89. The molecule has 0 bridgehead atoms. The molecule has 0 spiro atoms. The lowest BCUT2D eigenvalue weighted by molar-refractivity contribution is -0.123. The van der Waals surface area contributed by atoms with Gasteiger partial charge in [0.1, 0.15) is 6.04 Å². The molecule has 1 N–H and O–H groups in total. The van der Waals surface area contributed by atoms with Gasteiger partial charge < -0.3 is 10.2 Å². The standard InChI is InChI=1S/C15H21N3O/c1-10-8-11(2)13-12(9-10)17(3)15(19)14(13)18-6-4-16-5-7-18/h8-9,14,16H,4-7H2,1-3H3. The van der Waals surface area contributed by atoms with Crippen molar-refractivity contribution in [2.24, 2.45) is 0 Å². The van der Waals surface area contributed by atoms with Crippen molar-refractivity contribution in [1.29, 1.82) is 0 Å². The molecule has 3 rings (SSSR count). The largest absolute Gasteiger partial charge is 0.314 e. The van der Waals surface area contributed by atoms with E-state index in [-0.39, 0.29) is 11.9 Å². The summed E-state index contributed by atoms with van der Waals surface area (Å²) in [5.74, 6) is 0.214. The molecular formula is C15H21N3O. The number of aryl methyl sites for hydroxylation is 2. The minimum Gasteiger partial charge on any atom is -0.314 e. The van der Waals surface area contributed by atoms with Gasteiger partial charge in [-0.15, -0.1) is 0 Å². The Morgan fingerprint density at radius 1 is 1.21 bits per heavy atom. The van der Waals surface area contributed by atoms with Crippen LogP contribution in [0.1, 0.15) is 22.7 Å². The zero-order valence-corrected chi connectivity index (χ0v) is 11.9. The van der Waals surface area contributed by atoms with Crippen LogP contribution in [0.2, 0.25) is 0 Å². The number of fused-ring (bicyclic) bond motifs is 1. The molecule has 0 saturated carbocycles. The van der Waals surface area contributed by atoms with Gasteiger partial charge in [0.2, 0.25) is 5.91 Å². The molecule has 102 valence electrons. The highest BCUT2D eigenvalue weighted by atomic mass is 16.2. The van der Waals surface area contributed by atoms with E-state index in [1.165, 1.54) is 16.7 Å². The number of carbonyl (C=O) groups excluding carboxylic acids is 1. The van der Waals surface area contributed by atoms with E-state index in [4.69, 9.17) is 0 Å². The number of anilines is 1. The minimum atomic E-state index is -0.0808. The molecule has 0 aliphatic carbocycles. The fourth-order valence-electron chi connectivity index (χ4n) is 3.29. The fraction of sp³-hybridized carbons (Fsp3) is 0.533. The Morgan fingerprint density at radius 3 is 2.58 bits per heavy atom. The monoisotopic (exact) mass is 259 g/mol. The Kier molecular flexibility index (Phi) is 3.07. The van der Waals surface area contributed by atoms with Crippen molar-refractivity contribution in [3.8, 4) is 0 Å². The van der Waals surface area contributed by atoms with Crippen LogP contribution in [0.25, 0.3) is 0 Å². The lowest BCUT2D eigenvalue weighted by Gasteiger charge is -2.32. The summed E-state index contributed by atoms with van der Waals surface area (Å²) >= 11 is 0. The van der Waals surface area contributed by atoms with Crippen LogP contribution in [0.3, 0.4) is 0 Å². The molecule has 2 aliphatic heterocycles. The van der Waals surface area contributed by atoms with Gasteiger partial charge in [-0.25, -0.2) is 0 Å². The lowest BCUT2D eigenvalue weighted by atomic mass is 9.98. The first-order valence-electron chi connectivity index (χ1n) is 6.93. The summed E-state index contributed by atoms with van der Waals surface area (Å²) in [5, 5.41) is 3.35. The third-order valence-corrected chi connectivity index (χ3v) is 4.23. The van der Waals surface area contributed by atoms with Crippen LogP contribution in [0.4, 0.5) is 5.69 Å². The van der Waals surface area contributed by atoms with Crippen molar-refractivity contribution in [2.75, 3.05) is 38.1 Å². The van der Waals surface area contributed by atoms with Gasteiger partial charge in [0.05, 0.1) is 0 Å². The molecule has 4 heteroatoms. The molecule has 1 saturated heterocycles. The van der Waals surface area contributed by atoms with Crippen LogP contribution in [0, 0.1) is 13.8 Å². The van der Waals surface area contributed by atoms with E-state index in [0.717, 1.165) is 31.9 Å². The van der Waals surface area contributed by atoms with E-state index in [1.54, 1.807) is 0 Å². The SMILES string of the molecule is Cc1cc(C)c2c(c1)N(C)C(=O)C2N1CCNCC1. The van der Waals surface area contributed by atoms with Crippen molar-refractivity contribution in [3.05, 3.63) is 28.8 Å². The number of likely N-dealkylation sites (N-methyl/N-ethyl adjacent to an activating group) is 1. The van der Waals surface area contributed by atoms with Gasteiger partial charge in [0.15, 0.2) is 0 Å². The average Bonchev–Trinajstić information content (AvgIpc) is 2.64. The van der Waals surface area contributed by atoms with Crippen LogP contribution >= 0.6 is 0 Å². The predicted octanol–water partition coefficient (Wildman–Crippen LogP) is 1.23. The van der Waals surface area contributed by atoms with E-state index in [9.17, 15) is 4.79 Å². The summed E-state index contributed by atoms with van der Waals surface area (Å²) in [6.45, 7) is 8.02. The zero-order chi connectivity index (χ0) is 13.6. The molecule has 19 heavy (non-hydrogen) atoms. The number of amides is 1. The number of carbonyl (C=O) groups is 1. The molecular weight excluding hydrogens is 238 g/mol. The number of piperazine rings is 1. The van der Waals surface area contributed by atoms with Crippen LogP contribution in [-0.4, -0.2) is 44.0 Å². The second-order valence-electron chi connectivity index (χ2n) is 5.60. The molecule has 4 nitrogen and oxygen atoms in total. The number of hydrogen-bond acceptors (Lipinski definition) is 3. The van der Waals surface area contributed by atoms with E-state index >= 15 is 0 Å². The van der Waals surface area contributed by atoms with Crippen molar-refractivity contribution in [3.63, 3.8) is 0 Å². The van der Waals surface area contributed by atoms with E-state index < -0.39 is 0 Å². The summed E-state index contributed by atoms with van der Waals surface area (Å²) in [4.78, 5) is 16.7. The summed E-state index contributed by atoms with van der Waals surface area (Å²) in [6.07, 6.45) is 0. The minimum absolute atomic E-state index is 0.0808. The summed E-state index contributed by atoms with van der Waals surface area (Å²) < 4.78 is 0. The molecule has 1 aromatic rings. The third kappa shape index (κ3) is 1.95. The highest BCUT2D eigenvalue weighted by Gasteiger charge is 2.40. The Bertz CT molecular complexity index is 520. The number of benzene rings is 1. The Labute approximate surface area is 114 Å². The van der Waals surface area contributed by atoms with Gasteiger partial charge >= 0.3 is 0 Å². The fourth-order valence-corrected chi connectivity index (χ4v) is 3.29. The topological polar surface area (TPSA) is 35.6 Å². The molecule has 2 heterocycles. The molecule has 1 unspecified atom stereocenters. The highest BCUT2D eigenvalue weighted by molar-refractivity contribution is 6.04. The van der Waals surface area contributed by atoms with Gasteiger partial charge in [0, 0.05) is 44.5 Å². The number of nitrogens with one attached hydrogen (secondary N) is 1. The quantitative estimate of drug-likeness (QED) is 0.824. The molecule has 0 radical (unpaired) electrons. The first-order chi connectivity index (χ1) is 9.09. The summed E-state index contributed by atoms with van der Waals surface area (Å²) in [5.41, 5.74) is 4.75. The van der Waals surface area contributed by atoms with E-state index in [2.05, 4.69) is 36.2 Å². The van der Waals surface area contributed by atoms with Crippen molar-refractivity contribution < 1.29 is 4.79 Å². The van der Waals surface area contributed by atoms with Crippen LogP contribution in [0.15, 0.2) is 12.1 Å². The molecule has 1 amide bonds. The van der Waals surface area contributed by atoms with Crippen LogP contribution < -0.4 is 10.2 Å². The van der Waals surface area contributed by atoms with Gasteiger partial charge in [-0.3, -0.25) is 9.69 Å². The maximum absolute atomic E-state index is 12.6. The average molecular weight is 259 g/mol. The molecule has 1 aromatic carbocycles. The molecule has 0 aromatic heterocycles. The maximum Gasteiger partial charge on any atom is 0.248 e. The highest BCUT2D eigenvalue weighted by Crippen LogP contribution is 2.41. The summed E-state index contributed by atoms with van der Waals surface area (Å²) in [6, 6.07) is 4.23. The van der Waals surface area contributed by atoms with Crippen LogP contribution in [0.5, 0.6) is 0 Å². The van der Waals surface area contributed by atoms with Gasteiger partial charge in [0.25, 0.3) is 0 Å².